The Morgan fingerprint density at radius 2 is 2.26 bits per heavy atom. The zero-order chi connectivity index (χ0) is 13.7. The van der Waals surface area contributed by atoms with Gasteiger partial charge in [-0.05, 0) is 37.1 Å². The van der Waals surface area contributed by atoms with Crippen molar-refractivity contribution in [3.05, 3.63) is 53.6 Å². The lowest BCUT2D eigenvalue weighted by atomic mass is 10.0. The summed E-state index contributed by atoms with van der Waals surface area (Å²) in [6, 6.07) is 6.12. The minimum atomic E-state index is 0.485. The molecule has 0 N–H and O–H groups in total. The van der Waals surface area contributed by atoms with Crippen LogP contribution in [0.4, 0.5) is 0 Å². The fraction of sp³-hybridized carbons (Fsp3) is 0.267. The summed E-state index contributed by atoms with van der Waals surface area (Å²) in [4.78, 5) is 4.27. The third-order valence-corrected chi connectivity index (χ3v) is 2.94. The lowest BCUT2D eigenvalue weighted by Crippen LogP contribution is -1.98. The van der Waals surface area contributed by atoms with E-state index in [2.05, 4.69) is 30.1 Å². The molecule has 4 heteroatoms. The molecule has 0 aliphatic carbocycles. The smallest absolute Gasteiger partial charge is 0.249 e. The first-order chi connectivity index (χ1) is 9.22. The molecule has 0 amide bonds. The largest absolute Gasteiger partial charge is 0.487 e. The van der Waals surface area contributed by atoms with Gasteiger partial charge in [0.25, 0.3) is 0 Å². The number of benzene rings is 1. The van der Waals surface area contributed by atoms with E-state index in [1.54, 1.807) is 6.33 Å². The first-order valence-corrected chi connectivity index (χ1v) is 6.41. The summed E-state index contributed by atoms with van der Waals surface area (Å²) < 4.78 is 7.68. The summed E-state index contributed by atoms with van der Waals surface area (Å²) in [7, 11) is 1.95. The maximum Gasteiger partial charge on any atom is 0.249 e. The highest BCUT2D eigenvalue weighted by molar-refractivity contribution is 6.31. The quantitative estimate of drug-likeness (QED) is 0.764. The van der Waals surface area contributed by atoms with Crippen LogP contribution in [0.1, 0.15) is 23.7 Å². The average molecular weight is 253 g/mol. The maximum absolute atomic E-state index is 5.77. The van der Waals surface area contributed by atoms with Gasteiger partial charge in [-0.3, -0.25) is 0 Å². The van der Waals surface area contributed by atoms with E-state index in [0.29, 0.717) is 6.61 Å². The molecule has 1 aromatic heterocycles. The van der Waals surface area contributed by atoms with Crippen LogP contribution in [0.2, 0.25) is 6.82 Å². The second kappa shape index (κ2) is 6.27. The number of aromatic nitrogens is 2. The van der Waals surface area contributed by atoms with Crippen LogP contribution < -0.4 is 4.74 Å². The Hall–Kier alpha value is -1.97. The first-order valence-electron chi connectivity index (χ1n) is 6.41. The molecule has 1 aromatic carbocycles. The second-order valence-electron chi connectivity index (χ2n) is 4.38. The Balaban J connectivity index is 2.05. The summed E-state index contributed by atoms with van der Waals surface area (Å²) in [5.41, 5.74) is 3.36. The highest BCUT2D eigenvalue weighted by atomic mass is 16.5. The van der Waals surface area contributed by atoms with Crippen LogP contribution in [-0.4, -0.2) is 16.9 Å². The van der Waals surface area contributed by atoms with Gasteiger partial charge in [-0.25, -0.2) is 4.98 Å². The molecule has 3 nitrogen and oxygen atoms in total. The molecule has 97 valence electrons. The summed E-state index contributed by atoms with van der Waals surface area (Å²) in [6.07, 6.45) is 7.86. The molecule has 1 radical (unpaired) electrons. The van der Waals surface area contributed by atoms with E-state index in [1.165, 1.54) is 11.1 Å². The van der Waals surface area contributed by atoms with E-state index in [0.717, 1.165) is 11.4 Å². The minimum absolute atomic E-state index is 0.485. The number of aryl methyl sites for hydroxylation is 1. The number of imidazole rings is 1. The normalized spacial score (nSPS) is 10.9. The summed E-state index contributed by atoms with van der Waals surface area (Å²) in [6.45, 7) is 6.56. The summed E-state index contributed by atoms with van der Waals surface area (Å²) in [5, 5.41) is 0. The lowest BCUT2D eigenvalue weighted by molar-refractivity contribution is 0.302. The van der Waals surface area contributed by atoms with Crippen LogP contribution >= 0.6 is 0 Å². The number of hydrogen-bond donors (Lipinski definition) is 0. The van der Waals surface area contributed by atoms with Gasteiger partial charge in [-0.2, -0.15) is 0 Å². The second-order valence-corrected chi connectivity index (χ2v) is 4.38. The van der Waals surface area contributed by atoms with Gasteiger partial charge in [0.05, 0.1) is 12.0 Å². The Morgan fingerprint density at radius 3 is 2.95 bits per heavy atom. The van der Waals surface area contributed by atoms with E-state index >= 15 is 0 Å². The molecule has 19 heavy (non-hydrogen) atoms. The van der Waals surface area contributed by atoms with E-state index < -0.39 is 0 Å². The van der Waals surface area contributed by atoms with E-state index in [1.807, 2.05) is 44.0 Å². The average Bonchev–Trinajstić information content (AvgIpc) is 2.88. The number of ether oxygens (including phenoxy) is 1. The van der Waals surface area contributed by atoms with Crippen molar-refractivity contribution >= 4 is 13.5 Å². The molecule has 0 spiro atoms. The maximum atomic E-state index is 5.77. The molecule has 0 aliphatic rings. The molecular formula is C15H18BN2O. The van der Waals surface area contributed by atoms with Gasteiger partial charge in [0.15, 0.2) is 0 Å². The fourth-order valence-corrected chi connectivity index (χ4v) is 1.82. The van der Waals surface area contributed by atoms with Gasteiger partial charge in [-0.15, -0.1) is 0 Å². The van der Waals surface area contributed by atoms with Crippen molar-refractivity contribution in [2.24, 2.45) is 0 Å². The molecule has 0 atom stereocenters. The molecule has 0 saturated heterocycles. The Bertz CT molecular complexity index is 575. The number of allylic oxidation sites excluding steroid dienone is 1. The molecule has 2 rings (SSSR count). The highest BCUT2D eigenvalue weighted by Crippen LogP contribution is 2.19. The molecule has 1 heterocycles. The van der Waals surface area contributed by atoms with Crippen LogP contribution in [0.3, 0.4) is 0 Å². The Kier molecular flexibility index (Phi) is 4.45. The van der Waals surface area contributed by atoms with E-state index in [-0.39, 0.29) is 0 Å². The molecule has 0 saturated carbocycles. The SMILES string of the molecule is C[B]n1cnc(COc2ccc(C)c(/C=C\C)c2)c1. The number of rotatable bonds is 5. The van der Waals surface area contributed by atoms with Crippen LogP contribution in [0.5, 0.6) is 5.75 Å². The Morgan fingerprint density at radius 1 is 1.42 bits per heavy atom. The third kappa shape index (κ3) is 3.50. The standard InChI is InChI=1S/C15H18BN2O/c1-4-5-13-8-15(7-6-12(13)2)19-10-14-9-18(16-3)11-17-14/h4-9,11H,10H2,1-3H3/b5-4-. The van der Waals surface area contributed by atoms with Crippen LogP contribution in [-0.2, 0) is 6.61 Å². The minimum Gasteiger partial charge on any atom is -0.487 e. The fourth-order valence-electron chi connectivity index (χ4n) is 1.82. The predicted molar refractivity (Wildman–Crippen MR) is 79.5 cm³/mol. The van der Waals surface area contributed by atoms with Crippen molar-refractivity contribution in [2.75, 3.05) is 0 Å². The first kappa shape index (κ1) is 13.5. The van der Waals surface area contributed by atoms with Crippen LogP contribution in [0, 0.1) is 6.92 Å². The molecule has 0 unspecified atom stereocenters. The van der Waals surface area contributed by atoms with E-state index in [9.17, 15) is 0 Å². The number of hydrogen-bond acceptors (Lipinski definition) is 2. The van der Waals surface area contributed by atoms with Gasteiger partial charge < -0.3 is 9.21 Å². The summed E-state index contributed by atoms with van der Waals surface area (Å²) in [5.74, 6) is 0.869. The van der Waals surface area contributed by atoms with Gasteiger partial charge in [0.2, 0.25) is 7.41 Å². The van der Waals surface area contributed by atoms with Gasteiger partial charge in [0, 0.05) is 6.20 Å². The van der Waals surface area contributed by atoms with Crippen molar-refractivity contribution < 1.29 is 4.74 Å². The van der Waals surface area contributed by atoms with Crippen LogP contribution in [0.25, 0.3) is 6.08 Å². The topological polar surface area (TPSA) is 27.1 Å². The monoisotopic (exact) mass is 253 g/mol. The molecule has 0 bridgehead atoms. The van der Waals surface area contributed by atoms with Crippen LogP contribution in [0.15, 0.2) is 36.8 Å². The molecular weight excluding hydrogens is 235 g/mol. The van der Waals surface area contributed by atoms with Gasteiger partial charge in [-0.1, -0.05) is 25.0 Å². The summed E-state index contributed by atoms with van der Waals surface area (Å²) >= 11 is 0. The van der Waals surface area contributed by atoms with Crippen molar-refractivity contribution in [2.45, 2.75) is 27.3 Å². The molecule has 2 aromatic rings. The van der Waals surface area contributed by atoms with Crippen molar-refractivity contribution in [1.82, 2.24) is 9.46 Å². The zero-order valence-corrected chi connectivity index (χ0v) is 11.6. The highest BCUT2D eigenvalue weighted by Gasteiger charge is 2.02. The van der Waals surface area contributed by atoms with Gasteiger partial charge >= 0.3 is 0 Å². The lowest BCUT2D eigenvalue weighted by Gasteiger charge is -2.07. The zero-order valence-electron chi connectivity index (χ0n) is 11.6. The Labute approximate surface area is 115 Å². The van der Waals surface area contributed by atoms with Gasteiger partial charge in [0.1, 0.15) is 12.4 Å². The molecule has 0 aliphatic heterocycles. The van der Waals surface area contributed by atoms with Crippen molar-refractivity contribution in [3.8, 4) is 5.75 Å². The molecule has 0 fully saturated rings. The van der Waals surface area contributed by atoms with Crippen molar-refractivity contribution in [1.29, 1.82) is 0 Å². The van der Waals surface area contributed by atoms with Crippen molar-refractivity contribution in [3.63, 3.8) is 0 Å². The van der Waals surface area contributed by atoms with E-state index in [4.69, 9.17) is 4.74 Å². The third-order valence-electron chi connectivity index (χ3n) is 2.94. The number of nitrogens with zero attached hydrogens (tertiary/aromatic N) is 2. The predicted octanol–water partition coefficient (Wildman–Crippen LogP) is 3.32.